The second-order valence-electron chi connectivity index (χ2n) is 13.9. The highest BCUT2D eigenvalue weighted by Gasteiger charge is 2.16. The highest BCUT2D eigenvalue weighted by molar-refractivity contribution is 5.69. The van der Waals surface area contributed by atoms with Gasteiger partial charge in [0.25, 0.3) is 0 Å². The largest absolute Gasteiger partial charge is 0.495 e. The normalized spacial score (nSPS) is 12.5. The van der Waals surface area contributed by atoms with E-state index in [0.29, 0.717) is 19.6 Å². The molecule has 0 heterocycles. The first-order valence-corrected chi connectivity index (χ1v) is 19.9. The van der Waals surface area contributed by atoms with Gasteiger partial charge in [-0.15, -0.1) is 0 Å². The van der Waals surface area contributed by atoms with E-state index in [1.165, 1.54) is 148 Å². The van der Waals surface area contributed by atoms with Crippen LogP contribution in [0.1, 0.15) is 194 Å². The van der Waals surface area contributed by atoms with Crippen LogP contribution in [0.4, 0.5) is 0 Å². The van der Waals surface area contributed by atoms with E-state index in [1.54, 1.807) is 0 Å². The summed E-state index contributed by atoms with van der Waals surface area (Å²) in [5, 5.41) is 0. The molecule has 0 rings (SSSR count). The van der Waals surface area contributed by atoms with Crippen LogP contribution < -0.4 is 0 Å². The van der Waals surface area contributed by atoms with E-state index >= 15 is 0 Å². The minimum absolute atomic E-state index is 0.0999. The smallest absolute Gasteiger partial charge is 0.306 e. The minimum atomic E-state index is -0.252. The molecular formula is C42H79NO3. The summed E-state index contributed by atoms with van der Waals surface area (Å²) in [5.74, 6) is 0.718. The van der Waals surface area contributed by atoms with E-state index in [9.17, 15) is 4.79 Å². The van der Waals surface area contributed by atoms with E-state index < -0.39 is 0 Å². The lowest BCUT2D eigenvalue weighted by Gasteiger charge is -2.22. The number of esters is 1. The molecule has 0 saturated carbocycles. The van der Waals surface area contributed by atoms with Crippen molar-refractivity contribution in [1.29, 1.82) is 0 Å². The number of hydrogen-bond donors (Lipinski definition) is 0. The van der Waals surface area contributed by atoms with Gasteiger partial charge in [0.15, 0.2) is 0 Å². The lowest BCUT2D eigenvalue weighted by atomic mass is 10.1. The van der Waals surface area contributed by atoms with Crippen LogP contribution in [0.5, 0.6) is 0 Å². The fourth-order valence-corrected chi connectivity index (χ4v) is 5.79. The summed E-state index contributed by atoms with van der Waals surface area (Å²) in [7, 11) is 4.01. The van der Waals surface area contributed by atoms with Gasteiger partial charge in [0.2, 0.25) is 0 Å². The fourth-order valence-electron chi connectivity index (χ4n) is 5.79. The molecule has 0 aliphatic heterocycles. The van der Waals surface area contributed by atoms with E-state index in [2.05, 4.69) is 49.6 Å². The maximum atomic E-state index is 12.5. The summed E-state index contributed by atoms with van der Waals surface area (Å²) in [6.07, 6.45) is 43.9. The Morgan fingerprint density at radius 1 is 0.565 bits per heavy atom. The molecule has 0 radical (unpaired) electrons. The quantitative estimate of drug-likeness (QED) is 0.0294. The first-order chi connectivity index (χ1) is 22.5. The number of nitrogens with zero attached hydrogens (tertiary/aromatic N) is 1. The van der Waals surface area contributed by atoms with Gasteiger partial charge in [0.05, 0.1) is 5.76 Å². The maximum Gasteiger partial charge on any atom is 0.306 e. The topological polar surface area (TPSA) is 38.8 Å². The summed E-state index contributed by atoms with van der Waals surface area (Å²) in [4.78, 5) is 14.6. The molecule has 0 aromatic carbocycles. The molecule has 46 heavy (non-hydrogen) atoms. The molecule has 4 heteroatoms. The first-order valence-electron chi connectivity index (χ1n) is 19.9. The predicted molar refractivity (Wildman–Crippen MR) is 202 cm³/mol. The molecule has 0 fully saturated rings. The van der Waals surface area contributed by atoms with Crippen LogP contribution >= 0.6 is 0 Å². The van der Waals surface area contributed by atoms with Gasteiger partial charge in [-0.2, -0.15) is 0 Å². The third-order valence-electron chi connectivity index (χ3n) is 8.70. The minimum Gasteiger partial charge on any atom is -0.495 e. The Morgan fingerprint density at radius 2 is 0.935 bits per heavy atom. The third kappa shape index (κ3) is 35.3. The zero-order valence-corrected chi connectivity index (χ0v) is 31.5. The van der Waals surface area contributed by atoms with Crippen molar-refractivity contribution in [2.24, 2.45) is 0 Å². The molecule has 0 bridgehead atoms. The summed E-state index contributed by atoms with van der Waals surface area (Å²) in [5.41, 5.74) is 0. The van der Waals surface area contributed by atoms with Crippen molar-refractivity contribution in [1.82, 2.24) is 4.90 Å². The molecular weight excluding hydrogens is 566 g/mol. The molecule has 0 N–H and O–H groups in total. The lowest BCUT2D eigenvalue weighted by Crippen LogP contribution is -2.34. The Hall–Kier alpha value is -1.55. The SMILES string of the molecule is C=C(CCCCCCCCC/C=C/CCCCCC)OCC(CN(C)C)OC(=O)CCCCCCC/C=C/CCCCCCCC. The number of unbranched alkanes of at least 4 members (excludes halogenated alkanes) is 22. The average Bonchev–Trinajstić information content (AvgIpc) is 3.03. The van der Waals surface area contributed by atoms with Crippen LogP contribution in [0.2, 0.25) is 0 Å². The maximum absolute atomic E-state index is 12.5. The van der Waals surface area contributed by atoms with Crippen LogP contribution in [0.25, 0.3) is 0 Å². The molecule has 0 spiro atoms. The molecule has 4 nitrogen and oxygen atoms in total. The number of allylic oxidation sites excluding steroid dienone is 5. The molecule has 1 atom stereocenters. The number of hydrogen-bond acceptors (Lipinski definition) is 4. The zero-order chi connectivity index (χ0) is 33.8. The van der Waals surface area contributed by atoms with Gasteiger partial charge in [-0.3, -0.25) is 4.79 Å². The van der Waals surface area contributed by atoms with Crippen molar-refractivity contribution in [3.8, 4) is 0 Å². The van der Waals surface area contributed by atoms with Crippen molar-refractivity contribution in [3.63, 3.8) is 0 Å². The van der Waals surface area contributed by atoms with E-state index in [0.717, 1.165) is 31.4 Å². The zero-order valence-electron chi connectivity index (χ0n) is 31.5. The lowest BCUT2D eigenvalue weighted by molar-refractivity contribution is -0.152. The van der Waals surface area contributed by atoms with Crippen molar-refractivity contribution >= 4 is 5.97 Å². The van der Waals surface area contributed by atoms with Crippen molar-refractivity contribution in [3.05, 3.63) is 36.6 Å². The number of likely N-dealkylation sites (N-methyl/N-ethyl adjacent to an activating group) is 1. The van der Waals surface area contributed by atoms with Crippen LogP contribution in [0.15, 0.2) is 36.6 Å². The Labute approximate surface area is 288 Å². The van der Waals surface area contributed by atoms with Gasteiger partial charge in [-0.25, -0.2) is 0 Å². The predicted octanol–water partition coefficient (Wildman–Crippen LogP) is 13.1. The van der Waals surface area contributed by atoms with Gasteiger partial charge >= 0.3 is 5.97 Å². The van der Waals surface area contributed by atoms with Crippen molar-refractivity contribution in [2.45, 2.75) is 200 Å². The Kier molecular flexibility index (Phi) is 35.1. The number of rotatable bonds is 36. The van der Waals surface area contributed by atoms with E-state index in [-0.39, 0.29) is 12.1 Å². The highest BCUT2D eigenvalue weighted by atomic mass is 16.6. The Morgan fingerprint density at radius 3 is 1.37 bits per heavy atom. The molecule has 0 aromatic heterocycles. The summed E-state index contributed by atoms with van der Waals surface area (Å²) >= 11 is 0. The number of carbonyl (C=O) groups excluding carboxylic acids is 1. The van der Waals surface area contributed by atoms with Gasteiger partial charge < -0.3 is 14.4 Å². The Bertz CT molecular complexity index is 714. The Balaban J connectivity index is 3.77. The van der Waals surface area contributed by atoms with Gasteiger partial charge in [-0.05, 0) is 78.3 Å². The summed E-state index contributed by atoms with van der Waals surface area (Å²) < 4.78 is 11.7. The number of ether oxygens (including phenoxy) is 2. The van der Waals surface area contributed by atoms with E-state index in [4.69, 9.17) is 9.47 Å². The van der Waals surface area contributed by atoms with Crippen LogP contribution in [0.3, 0.4) is 0 Å². The molecule has 270 valence electrons. The van der Waals surface area contributed by atoms with E-state index in [1.807, 2.05) is 14.1 Å². The van der Waals surface area contributed by atoms with Crippen LogP contribution in [-0.4, -0.2) is 44.2 Å². The van der Waals surface area contributed by atoms with Crippen molar-refractivity contribution < 1.29 is 14.3 Å². The molecule has 0 aliphatic rings. The highest BCUT2D eigenvalue weighted by Crippen LogP contribution is 2.15. The van der Waals surface area contributed by atoms with Gasteiger partial charge in [-0.1, -0.05) is 147 Å². The van der Waals surface area contributed by atoms with Crippen molar-refractivity contribution in [2.75, 3.05) is 27.2 Å². The number of carbonyl (C=O) groups is 1. The first kappa shape index (κ1) is 44.5. The summed E-state index contributed by atoms with van der Waals surface area (Å²) in [6.45, 7) is 9.72. The van der Waals surface area contributed by atoms with Crippen LogP contribution in [0, 0.1) is 0 Å². The fraction of sp³-hybridized carbons (Fsp3) is 0.833. The molecule has 0 saturated heterocycles. The average molecular weight is 646 g/mol. The monoisotopic (exact) mass is 646 g/mol. The van der Waals surface area contributed by atoms with Gasteiger partial charge in [0.1, 0.15) is 12.7 Å². The van der Waals surface area contributed by atoms with Gasteiger partial charge in [0, 0.05) is 19.4 Å². The standard InChI is InChI=1S/C42H79NO3/c1-6-8-10-12-14-16-18-20-22-24-26-28-30-32-34-36-40(3)45-39-41(38-43(4)5)46-42(44)37-35-33-31-29-27-25-23-21-19-17-15-13-11-9-7-2/h16,18,21,23,41H,3,6-15,17,19-20,22,24-39H2,1-2,4-5H3/b18-16+,23-21+. The van der Waals surface area contributed by atoms with Crippen LogP contribution in [-0.2, 0) is 14.3 Å². The second-order valence-corrected chi connectivity index (χ2v) is 13.9. The molecule has 0 amide bonds. The summed E-state index contributed by atoms with van der Waals surface area (Å²) in [6, 6.07) is 0. The third-order valence-corrected chi connectivity index (χ3v) is 8.70. The molecule has 0 aromatic rings. The molecule has 0 aliphatic carbocycles. The second kappa shape index (κ2) is 36.3. The molecule has 1 unspecified atom stereocenters.